The maximum absolute atomic E-state index is 15.3. The van der Waals surface area contributed by atoms with E-state index in [4.69, 9.17) is 10.5 Å². The Morgan fingerprint density at radius 1 is 1.04 bits per heavy atom. The first kappa shape index (κ1) is 41.1. The Kier molecular flexibility index (Phi) is 14.3. The lowest BCUT2D eigenvalue weighted by atomic mass is 10.0. The first-order chi connectivity index (χ1) is 25.7. The molecule has 7 N–H and O–H groups in total. The van der Waals surface area contributed by atoms with Gasteiger partial charge in [-0.1, -0.05) is 26.0 Å². The zero-order valence-corrected chi connectivity index (χ0v) is 30.9. The van der Waals surface area contributed by atoms with Crippen LogP contribution in [0, 0.1) is 11.7 Å². The summed E-state index contributed by atoms with van der Waals surface area (Å²) in [6.07, 6.45) is 1.61. The van der Waals surface area contributed by atoms with Gasteiger partial charge in [0.25, 0.3) is 0 Å². The lowest BCUT2D eigenvalue weighted by Gasteiger charge is -2.35. The van der Waals surface area contributed by atoms with Crippen molar-refractivity contribution in [3.63, 3.8) is 0 Å². The van der Waals surface area contributed by atoms with Gasteiger partial charge in [-0.15, -0.1) is 0 Å². The summed E-state index contributed by atoms with van der Waals surface area (Å²) in [5.74, 6) is -2.39. The molecule has 5 amide bonds. The Morgan fingerprint density at radius 2 is 1.72 bits per heavy atom. The number of anilines is 2. The number of pyridine rings is 1. The SMILES string of the molecule is CCn1cc(C(=O)O)c(=O)c2cc(F)c(N3CCN(C(=O)OCc4ccc(NC(=O)[C@H](CCCNC(N)=O)NC[C@@H](NC(C)=O)C(C)C)cc4)CC3)cc21. The van der Waals surface area contributed by atoms with Crippen LogP contribution in [-0.2, 0) is 27.5 Å². The molecular weight excluding hydrogens is 703 g/mol. The molecule has 16 nitrogen and oxygen atoms in total. The fourth-order valence-corrected chi connectivity index (χ4v) is 6.16. The molecule has 292 valence electrons. The Morgan fingerprint density at radius 3 is 2.31 bits per heavy atom. The number of hydrogen-bond donors (Lipinski definition) is 6. The molecule has 1 saturated heterocycles. The van der Waals surface area contributed by atoms with Gasteiger partial charge in [-0.05, 0) is 55.5 Å². The molecule has 2 aromatic carbocycles. The molecular formula is C37H49FN8O8. The third-order valence-corrected chi connectivity index (χ3v) is 9.25. The van der Waals surface area contributed by atoms with Crippen LogP contribution in [0.3, 0.4) is 0 Å². The van der Waals surface area contributed by atoms with Crippen molar-refractivity contribution in [2.24, 2.45) is 11.7 Å². The lowest BCUT2D eigenvalue weighted by Crippen LogP contribution is -2.50. The van der Waals surface area contributed by atoms with Gasteiger partial charge in [-0.25, -0.2) is 18.8 Å². The predicted molar refractivity (Wildman–Crippen MR) is 201 cm³/mol. The zero-order valence-electron chi connectivity index (χ0n) is 30.9. The van der Waals surface area contributed by atoms with Crippen LogP contribution in [0.1, 0.15) is 56.5 Å². The summed E-state index contributed by atoms with van der Waals surface area (Å²) in [4.78, 5) is 76.5. The van der Waals surface area contributed by atoms with Crippen molar-refractivity contribution in [3.05, 3.63) is 69.8 Å². The Balaban J connectivity index is 1.31. The number of amides is 5. The van der Waals surface area contributed by atoms with Crippen LogP contribution in [0.15, 0.2) is 47.4 Å². The van der Waals surface area contributed by atoms with E-state index in [0.717, 1.165) is 6.07 Å². The first-order valence-electron chi connectivity index (χ1n) is 17.9. The summed E-state index contributed by atoms with van der Waals surface area (Å²) in [6.45, 7) is 9.32. The van der Waals surface area contributed by atoms with Crippen LogP contribution in [0.25, 0.3) is 10.9 Å². The van der Waals surface area contributed by atoms with E-state index < -0.39 is 40.9 Å². The Hall–Kier alpha value is -5.71. The van der Waals surface area contributed by atoms with Gasteiger partial charge in [0.05, 0.1) is 17.2 Å². The molecule has 17 heteroatoms. The molecule has 0 aliphatic carbocycles. The molecule has 2 atom stereocenters. The van der Waals surface area contributed by atoms with E-state index in [1.54, 1.807) is 46.7 Å². The quantitative estimate of drug-likeness (QED) is 0.118. The number of aromatic nitrogens is 1. The largest absolute Gasteiger partial charge is 0.477 e. The van der Waals surface area contributed by atoms with Crippen molar-refractivity contribution in [1.82, 2.24) is 25.4 Å². The number of primary amides is 1. The summed E-state index contributed by atoms with van der Waals surface area (Å²) in [5.41, 5.74) is 5.85. The molecule has 3 aromatic rings. The highest BCUT2D eigenvalue weighted by atomic mass is 19.1. The maximum atomic E-state index is 15.3. The van der Waals surface area contributed by atoms with Gasteiger partial charge in [0.2, 0.25) is 17.2 Å². The summed E-state index contributed by atoms with van der Waals surface area (Å²) in [7, 11) is 0. The number of benzene rings is 2. The molecule has 1 aliphatic heterocycles. The number of carbonyl (C=O) groups excluding carboxylic acids is 4. The third kappa shape index (κ3) is 10.9. The van der Waals surface area contributed by atoms with Crippen molar-refractivity contribution in [1.29, 1.82) is 0 Å². The van der Waals surface area contributed by atoms with Gasteiger partial charge >= 0.3 is 18.1 Å². The average Bonchev–Trinajstić information content (AvgIpc) is 3.13. The smallest absolute Gasteiger partial charge is 0.410 e. The number of nitrogens with two attached hydrogens (primary N) is 1. The Labute approximate surface area is 312 Å². The van der Waals surface area contributed by atoms with Crippen LogP contribution in [-0.4, -0.2) is 95.8 Å². The number of carbonyl (C=O) groups is 5. The zero-order chi connectivity index (χ0) is 39.5. The van der Waals surface area contributed by atoms with Crippen LogP contribution in [0.5, 0.6) is 0 Å². The minimum atomic E-state index is -1.38. The molecule has 1 aliphatic rings. The molecule has 0 radical (unpaired) electrons. The van der Waals surface area contributed by atoms with Crippen LogP contribution in [0.2, 0.25) is 0 Å². The molecule has 1 aromatic heterocycles. The third-order valence-electron chi connectivity index (χ3n) is 9.25. The second-order valence-electron chi connectivity index (χ2n) is 13.4. The van der Waals surface area contributed by atoms with Gasteiger partial charge in [0, 0.05) is 76.0 Å². The van der Waals surface area contributed by atoms with Crippen LogP contribution in [0.4, 0.5) is 25.4 Å². The monoisotopic (exact) mass is 752 g/mol. The minimum absolute atomic E-state index is 0.0154. The number of halogens is 1. The van der Waals surface area contributed by atoms with Crippen LogP contribution >= 0.6 is 0 Å². The number of urea groups is 1. The fraction of sp³-hybridized carbons (Fsp3) is 0.459. The van der Waals surface area contributed by atoms with E-state index in [1.807, 2.05) is 13.8 Å². The number of fused-ring (bicyclic) bond motifs is 1. The topological polar surface area (TPSA) is 217 Å². The molecule has 0 spiro atoms. The van der Waals surface area contributed by atoms with E-state index in [1.165, 1.54) is 18.0 Å². The number of nitrogens with zero attached hydrogens (tertiary/aromatic N) is 3. The van der Waals surface area contributed by atoms with E-state index in [0.29, 0.717) is 62.3 Å². The van der Waals surface area contributed by atoms with Crippen molar-refractivity contribution in [3.8, 4) is 0 Å². The number of ether oxygens (including phenoxy) is 1. The van der Waals surface area contributed by atoms with Crippen molar-refractivity contribution in [2.75, 3.05) is 49.5 Å². The number of carboxylic acid groups (broad SMARTS) is 1. The number of aromatic carboxylic acids is 1. The first-order valence-corrected chi connectivity index (χ1v) is 17.9. The molecule has 1 fully saturated rings. The van der Waals surface area contributed by atoms with E-state index in [2.05, 4.69) is 21.3 Å². The van der Waals surface area contributed by atoms with Gasteiger partial charge in [0.15, 0.2) is 0 Å². The number of hydrogen-bond acceptors (Lipinski definition) is 9. The van der Waals surface area contributed by atoms with Gasteiger partial charge < -0.3 is 51.2 Å². The van der Waals surface area contributed by atoms with Gasteiger partial charge in [0.1, 0.15) is 18.0 Å². The minimum Gasteiger partial charge on any atom is -0.477 e. The average molecular weight is 753 g/mol. The lowest BCUT2D eigenvalue weighted by molar-refractivity contribution is -0.119. The highest BCUT2D eigenvalue weighted by molar-refractivity contribution is 5.95. The second kappa shape index (κ2) is 18.9. The fourth-order valence-electron chi connectivity index (χ4n) is 6.16. The van der Waals surface area contributed by atoms with Gasteiger partial charge in [-0.3, -0.25) is 14.4 Å². The summed E-state index contributed by atoms with van der Waals surface area (Å²) >= 11 is 0. The van der Waals surface area contributed by atoms with E-state index >= 15 is 4.39 Å². The van der Waals surface area contributed by atoms with E-state index in [9.17, 15) is 33.9 Å². The summed E-state index contributed by atoms with van der Waals surface area (Å²) in [6, 6.07) is 7.98. The number of aryl methyl sites for hydroxylation is 1. The number of piperazine rings is 1. The highest BCUT2D eigenvalue weighted by Gasteiger charge is 2.26. The summed E-state index contributed by atoms with van der Waals surface area (Å²) in [5, 5.41) is 20.9. The normalized spacial score (nSPS) is 14.0. The van der Waals surface area contributed by atoms with E-state index in [-0.39, 0.29) is 54.5 Å². The summed E-state index contributed by atoms with van der Waals surface area (Å²) < 4.78 is 22.4. The Bertz CT molecular complexity index is 1890. The molecule has 0 unspecified atom stereocenters. The molecule has 4 rings (SSSR count). The highest BCUT2D eigenvalue weighted by Crippen LogP contribution is 2.27. The molecule has 0 saturated carbocycles. The molecule has 2 heterocycles. The van der Waals surface area contributed by atoms with Crippen molar-refractivity contribution >= 4 is 52.2 Å². The maximum Gasteiger partial charge on any atom is 0.410 e. The number of nitrogens with one attached hydrogen (secondary N) is 4. The number of carboxylic acids is 1. The molecule has 0 bridgehead atoms. The predicted octanol–water partition coefficient (Wildman–Crippen LogP) is 2.82. The van der Waals surface area contributed by atoms with Crippen molar-refractivity contribution < 1.29 is 38.2 Å². The second-order valence-corrected chi connectivity index (χ2v) is 13.4. The van der Waals surface area contributed by atoms with Crippen LogP contribution < -0.4 is 37.3 Å². The standard InChI is InChI=1S/C37H49FN8O8/c1-5-44-20-27(35(50)51)33(48)26-17-28(38)32(18-31(26)44)45-13-15-46(16-14-45)37(53)54-21-24-8-10-25(11-9-24)43-34(49)29(7-6-12-40-36(39)52)41-19-30(22(2)3)42-23(4)47/h8-11,17-18,20,22,29-30,41H,5-7,12-16,19,21H2,1-4H3,(H,42,47)(H,43,49)(H,50,51)(H3,39,40,52)/t29-,30+/m0/s1. The van der Waals surface area contributed by atoms with Crippen molar-refractivity contribution in [2.45, 2.75) is 65.8 Å². The van der Waals surface area contributed by atoms with Gasteiger partial charge in [-0.2, -0.15) is 0 Å². The number of rotatable bonds is 16. The molecule has 54 heavy (non-hydrogen) atoms.